The molecule has 1 atom stereocenters. The van der Waals surface area contributed by atoms with Gasteiger partial charge in [0.1, 0.15) is 10.7 Å². The highest BCUT2D eigenvalue weighted by molar-refractivity contribution is 7.19. The van der Waals surface area contributed by atoms with E-state index in [9.17, 15) is 0 Å². The fraction of sp³-hybridized carbons (Fsp3) is 0.650. The van der Waals surface area contributed by atoms with Crippen LogP contribution in [0.15, 0.2) is 0 Å². The first-order valence-corrected chi connectivity index (χ1v) is 10.8. The van der Waals surface area contributed by atoms with Crippen LogP contribution >= 0.6 is 11.3 Å². The molecule has 144 valence electrons. The van der Waals surface area contributed by atoms with Crippen LogP contribution in [0.25, 0.3) is 15.9 Å². The molecule has 1 fully saturated rings. The number of piperidine rings is 1. The number of aromatic nitrogens is 4. The molecule has 3 aromatic heterocycles. The van der Waals surface area contributed by atoms with Crippen molar-refractivity contribution in [3.8, 4) is 0 Å². The minimum atomic E-state index is -0.144. The molecule has 2 aliphatic heterocycles. The van der Waals surface area contributed by atoms with Gasteiger partial charge in [-0.05, 0) is 52.6 Å². The average molecular weight is 386 g/mol. The quantitative estimate of drug-likeness (QED) is 0.670. The Morgan fingerprint density at radius 2 is 2.11 bits per heavy atom. The van der Waals surface area contributed by atoms with Crippen LogP contribution in [0, 0.1) is 6.92 Å². The zero-order valence-electron chi connectivity index (χ0n) is 16.6. The van der Waals surface area contributed by atoms with Gasteiger partial charge in [0.2, 0.25) is 0 Å². The van der Waals surface area contributed by atoms with Gasteiger partial charge in [-0.1, -0.05) is 6.42 Å². The molecule has 2 aliphatic rings. The maximum atomic E-state index is 6.01. The zero-order valence-corrected chi connectivity index (χ0v) is 17.4. The highest BCUT2D eigenvalue weighted by atomic mass is 32.1. The number of rotatable bonds is 2. The van der Waals surface area contributed by atoms with Gasteiger partial charge in [-0.15, -0.1) is 16.4 Å². The van der Waals surface area contributed by atoms with E-state index in [1.54, 1.807) is 11.3 Å². The van der Waals surface area contributed by atoms with Gasteiger partial charge in [0.25, 0.3) is 0 Å². The molecule has 27 heavy (non-hydrogen) atoms. The van der Waals surface area contributed by atoms with E-state index >= 15 is 0 Å². The molecule has 0 radical (unpaired) electrons. The number of thiophene rings is 1. The third-order valence-electron chi connectivity index (χ3n) is 6.00. The van der Waals surface area contributed by atoms with Crippen LogP contribution in [-0.2, 0) is 24.3 Å². The summed E-state index contributed by atoms with van der Waals surface area (Å²) in [5.41, 5.74) is 2.18. The van der Waals surface area contributed by atoms with E-state index in [4.69, 9.17) is 19.8 Å². The van der Waals surface area contributed by atoms with Crippen molar-refractivity contribution in [2.45, 2.75) is 78.2 Å². The number of aryl methyl sites for hydroxylation is 1. The summed E-state index contributed by atoms with van der Waals surface area (Å²) in [6.07, 6.45) is 4.77. The highest BCUT2D eigenvalue weighted by Crippen LogP contribution is 2.39. The average Bonchev–Trinajstić information content (AvgIpc) is 3.17. The molecule has 6 nitrogen and oxygen atoms in total. The summed E-state index contributed by atoms with van der Waals surface area (Å²) >= 11 is 1.75. The van der Waals surface area contributed by atoms with Gasteiger partial charge in [0.05, 0.1) is 24.1 Å². The molecular weight excluding hydrogens is 358 g/mol. The first-order chi connectivity index (χ1) is 12.9. The van der Waals surface area contributed by atoms with E-state index in [2.05, 4.69) is 25.7 Å². The zero-order chi connectivity index (χ0) is 18.8. The van der Waals surface area contributed by atoms with Gasteiger partial charge >= 0.3 is 0 Å². The molecule has 0 saturated carbocycles. The number of hydrogen-bond donors (Lipinski definition) is 0. The number of likely N-dealkylation sites (tertiary alicyclic amines) is 1. The van der Waals surface area contributed by atoms with Crippen LogP contribution in [0.2, 0.25) is 0 Å². The fourth-order valence-corrected chi connectivity index (χ4v) is 5.57. The summed E-state index contributed by atoms with van der Waals surface area (Å²) in [4.78, 5) is 14.7. The predicted octanol–water partition coefficient (Wildman–Crippen LogP) is 3.87. The highest BCUT2D eigenvalue weighted by Gasteiger charge is 2.31. The monoisotopic (exact) mass is 385 g/mol. The summed E-state index contributed by atoms with van der Waals surface area (Å²) in [7, 11) is 0. The molecule has 5 rings (SSSR count). The second-order valence-corrected chi connectivity index (χ2v) is 9.73. The van der Waals surface area contributed by atoms with E-state index in [1.807, 2.05) is 11.4 Å². The van der Waals surface area contributed by atoms with E-state index in [0.29, 0.717) is 12.6 Å². The lowest BCUT2D eigenvalue weighted by Crippen LogP contribution is -2.37. The SMILES string of the molecule is Cc1nc2sc3c(c2c2nc(CN4CCCCC4C)nn12)CC(C)(C)OC3. The Bertz CT molecular complexity index is 1020. The lowest BCUT2D eigenvalue weighted by molar-refractivity contribution is -0.0379. The second kappa shape index (κ2) is 6.22. The van der Waals surface area contributed by atoms with Gasteiger partial charge in [-0.2, -0.15) is 4.52 Å². The molecule has 1 saturated heterocycles. The molecule has 0 aliphatic carbocycles. The molecule has 0 aromatic carbocycles. The van der Waals surface area contributed by atoms with Crippen molar-refractivity contribution in [2.24, 2.45) is 0 Å². The van der Waals surface area contributed by atoms with E-state index in [1.165, 1.54) is 35.1 Å². The maximum Gasteiger partial charge on any atom is 0.168 e. The number of hydrogen-bond acceptors (Lipinski definition) is 6. The molecular formula is C20H27N5OS. The largest absolute Gasteiger partial charge is 0.370 e. The summed E-state index contributed by atoms with van der Waals surface area (Å²) in [6.45, 7) is 11.3. The Kier molecular flexibility index (Phi) is 4.04. The predicted molar refractivity (Wildman–Crippen MR) is 107 cm³/mol. The third kappa shape index (κ3) is 2.96. The molecule has 0 amide bonds. The molecule has 7 heteroatoms. The van der Waals surface area contributed by atoms with Crippen molar-refractivity contribution in [1.29, 1.82) is 0 Å². The first-order valence-electron chi connectivity index (χ1n) is 9.96. The van der Waals surface area contributed by atoms with Gasteiger partial charge < -0.3 is 4.74 Å². The maximum absolute atomic E-state index is 6.01. The molecule has 1 unspecified atom stereocenters. The van der Waals surface area contributed by atoms with Crippen LogP contribution < -0.4 is 0 Å². The standard InChI is InChI=1S/C20H27N5OS/c1-12-7-5-6-8-24(12)10-16-22-18-17-14-9-20(3,4)26-11-15(14)27-19(17)21-13(2)25(18)23-16/h12H,5-11H2,1-4H3. The third-order valence-corrected chi connectivity index (χ3v) is 7.10. The Labute approximate surface area is 163 Å². The fourth-order valence-electron chi connectivity index (χ4n) is 4.43. The van der Waals surface area contributed by atoms with Gasteiger partial charge in [-0.25, -0.2) is 9.97 Å². The topological polar surface area (TPSA) is 55.6 Å². The van der Waals surface area contributed by atoms with Gasteiger partial charge in [0, 0.05) is 17.3 Å². The lowest BCUT2D eigenvalue weighted by Gasteiger charge is -2.32. The smallest absolute Gasteiger partial charge is 0.168 e. The molecule has 0 spiro atoms. The van der Waals surface area contributed by atoms with E-state index < -0.39 is 0 Å². The second-order valence-electron chi connectivity index (χ2n) is 8.65. The van der Waals surface area contributed by atoms with Crippen LogP contribution in [0.5, 0.6) is 0 Å². The Balaban J connectivity index is 1.62. The van der Waals surface area contributed by atoms with Crippen molar-refractivity contribution in [1.82, 2.24) is 24.5 Å². The lowest BCUT2D eigenvalue weighted by atomic mass is 9.94. The van der Waals surface area contributed by atoms with Gasteiger partial charge in [-0.3, -0.25) is 4.90 Å². The van der Waals surface area contributed by atoms with Crippen molar-refractivity contribution in [3.63, 3.8) is 0 Å². The number of fused-ring (bicyclic) bond motifs is 5. The molecule has 0 bridgehead atoms. The van der Waals surface area contributed by atoms with Gasteiger partial charge in [0.15, 0.2) is 11.5 Å². The first kappa shape index (κ1) is 17.5. The van der Waals surface area contributed by atoms with Crippen LogP contribution in [0.1, 0.15) is 62.1 Å². The van der Waals surface area contributed by atoms with Crippen molar-refractivity contribution in [2.75, 3.05) is 6.54 Å². The molecule has 0 N–H and O–H groups in total. The Hall–Kier alpha value is -1.57. The van der Waals surface area contributed by atoms with Crippen molar-refractivity contribution >= 4 is 27.2 Å². The van der Waals surface area contributed by atoms with Crippen LogP contribution in [0.4, 0.5) is 0 Å². The van der Waals surface area contributed by atoms with Crippen LogP contribution in [-0.4, -0.2) is 42.7 Å². The minimum Gasteiger partial charge on any atom is -0.370 e. The summed E-state index contributed by atoms with van der Waals surface area (Å²) in [5.74, 6) is 1.81. The van der Waals surface area contributed by atoms with Crippen molar-refractivity contribution < 1.29 is 4.74 Å². The van der Waals surface area contributed by atoms with Crippen molar-refractivity contribution in [3.05, 3.63) is 22.1 Å². The number of ether oxygens (including phenoxy) is 1. The normalized spacial score (nSPS) is 23.2. The summed E-state index contributed by atoms with van der Waals surface area (Å²) in [5, 5.41) is 6.01. The molecule has 5 heterocycles. The summed E-state index contributed by atoms with van der Waals surface area (Å²) in [6, 6.07) is 0.608. The minimum absolute atomic E-state index is 0.144. The number of nitrogens with zero attached hydrogens (tertiary/aromatic N) is 5. The molecule has 3 aromatic rings. The summed E-state index contributed by atoms with van der Waals surface area (Å²) < 4.78 is 7.96. The Morgan fingerprint density at radius 1 is 1.26 bits per heavy atom. The van der Waals surface area contributed by atoms with E-state index in [-0.39, 0.29) is 5.60 Å². The Morgan fingerprint density at radius 3 is 2.93 bits per heavy atom. The van der Waals surface area contributed by atoms with E-state index in [0.717, 1.165) is 41.6 Å². The van der Waals surface area contributed by atoms with Crippen LogP contribution in [0.3, 0.4) is 0 Å².